The monoisotopic (exact) mass is 241 g/mol. The molecule has 0 aliphatic carbocycles. The largest absolute Gasteiger partial charge is 0.296 e. The van der Waals surface area contributed by atoms with Crippen molar-refractivity contribution < 1.29 is 4.84 Å². The van der Waals surface area contributed by atoms with E-state index in [0.29, 0.717) is 0 Å². The van der Waals surface area contributed by atoms with Crippen molar-refractivity contribution in [2.24, 2.45) is 0 Å². The van der Waals surface area contributed by atoms with Gasteiger partial charge in [-0.1, -0.05) is 30.7 Å². The molecule has 0 saturated heterocycles. The Balaban J connectivity index is 2.68. The van der Waals surface area contributed by atoms with Gasteiger partial charge in [-0.3, -0.25) is 4.84 Å². The van der Waals surface area contributed by atoms with Crippen LogP contribution in [-0.4, -0.2) is 5.60 Å². The predicted molar refractivity (Wildman–Crippen MR) is 68.5 cm³/mol. The lowest BCUT2D eigenvalue weighted by molar-refractivity contribution is -0.0896. The van der Waals surface area contributed by atoms with Gasteiger partial charge in [-0.15, -0.1) is 0 Å². The first-order valence-corrected chi connectivity index (χ1v) is 5.99. The minimum atomic E-state index is -0.188. The predicted octanol–water partition coefficient (Wildman–Crippen LogP) is 4.11. The summed E-state index contributed by atoms with van der Waals surface area (Å²) in [6.45, 7) is 8.17. The molecule has 1 atom stereocenters. The fourth-order valence-corrected chi connectivity index (χ4v) is 1.56. The lowest BCUT2D eigenvalue weighted by atomic mass is 10.1. The zero-order valence-corrected chi connectivity index (χ0v) is 11.1. The summed E-state index contributed by atoms with van der Waals surface area (Å²) in [6, 6.07) is 8.04. The average molecular weight is 242 g/mol. The van der Waals surface area contributed by atoms with Crippen LogP contribution < -0.4 is 5.48 Å². The van der Waals surface area contributed by atoms with Gasteiger partial charge in [-0.2, -0.15) is 5.48 Å². The number of hydroxylamine groups is 1. The molecule has 0 bridgehead atoms. The average Bonchev–Trinajstić information content (AvgIpc) is 2.17. The molecule has 3 heteroatoms. The van der Waals surface area contributed by atoms with Crippen molar-refractivity contribution in [1.29, 1.82) is 0 Å². The maximum atomic E-state index is 5.97. The van der Waals surface area contributed by atoms with Gasteiger partial charge in [0.2, 0.25) is 0 Å². The van der Waals surface area contributed by atoms with Crippen LogP contribution in [0.2, 0.25) is 5.02 Å². The zero-order chi connectivity index (χ0) is 12.2. The third-order valence-electron chi connectivity index (χ3n) is 2.17. The van der Waals surface area contributed by atoms with E-state index in [9.17, 15) is 0 Å². The van der Waals surface area contributed by atoms with Crippen molar-refractivity contribution in [3.8, 4) is 0 Å². The number of hydrogen-bond donors (Lipinski definition) is 1. The van der Waals surface area contributed by atoms with Crippen molar-refractivity contribution in [3.63, 3.8) is 0 Å². The molecule has 0 radical (unpaired) electrons. The SMILES string of the molecule is CCC(NOC(C)(C)C)c1cccc(Cl)c1. The van der Waals surface area contributed by atoms with Crippen LogP contribution in [0.4, 0.5) is 0 Å². The zero-order valence-electron chi connectivity index (χ0n) is 10.4. The highest BCUT2D eigenvalue weighted by molar-refractivity contribution is 6.30. The van der Waals surface area contributed by atoms with Crippen molar-refractivity contribution in [3.05, 3.63) is 34.9 Å². The highest BCUT2D eigenvalue weighted by Crippen LogP contribution is 2.21. The maximum Gasteiger partial charge on any atom is 0.0813 e. The fraction of sp³-hybridized carbons (Fsp3) is 0.538. The first-order chi connectivity index (χ1) is 7.42. The Morgan fingerprint density at radius 2 is 2.06 bits per heavy atom. The van der Waals surface area contributed by atoms with Crippen molar-refractivity contribution in [2.75, 3.05) is 0 Å². The molecule has 0 aliphatic heterocycles. The number of hydrogen-bond acceptors (Lipinski definition) is 2. The first kappa shape index (κ1) is 13.5. The summed E-state index contributed by atoms with van der Waals surface area (Å²) < 4.78 is 0. The van der Waals surface area contributed by atoms with Crippen LogP contribution in [-0.2, 0) is 4.84 Å². The molecular weight excluding hydrogens is 222 g/mol. The van der Waals surface area contributed by atoms with E-state index in [2.05, 4.69) is 18.5 Å². The molecule has 1 rings (SSSR count). The molecule has 90 valence electrons. The maximum absolute atomic E-state index is 5.97. The Kier molecular flexibility index (Phi) is 4.78. The third-order valence-corrected chi connectivity index (χ3v) is 2.40. The second kappa shape index (κ2) is 5.67. The van der Waals surface area contributed by atoms with E-state index in [1.165, 1.54) is 0 Å². The standard InChI is InChI=1S/C13H20ClNO/c1-5-12(15-16-13(2,3)4)10-7-6-8-11(14)9-10/h6-9,12,15H,5H2,1-4H3. The highest BCUT2D eigenvalue weighted by Gasteiger charge is 2.15. The van der Waals surface area contributed by atoms with Gasteiger partial charge in [0.05, 0.1) is 11.6 Å². The number of rotatable bonds is 4. The lowest BCUT2D eigenvalue weighted by Gasteiger charge is -2.24. The molecule has 1 aromatic carbocycles. The molecule has 0 spiro atoms. The second-order valence-corrected chi connectivity index (χ2v) is 5.28. The second-order valence-electron chi connectivity index (χ2n) is 4.85. The Morgan fingerprint density at radius 3 is 2.56 bits per heavy atom. The van der Waals surface area contributed by atoms with Crippen molar-refractivity contribution >= 4 is 11.6 Å². The Hall–Kier alpha value is -0.570. The Bertz CT molecular complexity index is 333. The van der Waals surface area contributed by atoms with Gasteiger partial charge < -0.3 is 0 Å². The van der Waals surface area contributed by atoms with E-state index in [1.54, 1.807) is 0 Å². The van der Waals surface area contributed by atoms with Crippen LogP contribution >= 0.6 is 11.6 Å². The van der Waals surface area contributed by atoms with Crippen LogP contribution in [0, 0.1) is 0 Å². The van der Waals surface area contributed by atoms with Gasteiger partial charge in [-0.25, -0.2) is 0 Å². The normalized spacial score (nSPS) is 13.8. The van der Waals surface area contributed by atoms with Gasteiger partial charge in [-0.05, 0) is 44.9 Å². The van der Waals surface area contributed by atoms with E-state index in [0.717, 1.165) is 17.0 Å². The van der Waals surface area contributed by atoms with Gasteiger partial charge >= 0.3 is 0 Å². The first-order valence-electron chi connectivity index (χ1n) is 5.61. The third kappa shape index (κ3) is 4.52. The fourth-order valence-electron chi connectivity index (χ4n) is 1.36. The molecule has 0 saturated carbocycles. The molecule has 16 heavy (non-hydrogen) atoms. The van der Waals surface area contributed by atoms with Crippen LogP contribution in [0.25, 0.3) is 0 Å². The number of benzene rings is 1. The van der Waals surface area contributed by atoms with E-state index in [1.807, 2.05) is 39.0 Å². The van der Waals surface area contributed by atoms with Crippen LogP contribution in [0.5, 0.6) is 0 Å². The molecule has 1 unspecified atom stereocenters. The number of nitrogens with one attached hydrogen (secondary N) is 1. The quantitative estimate of drug-likeness (QED) is 0.801. The summed E-state index contributed by atoms with van der Waals surface area (Å²) in [6.07, 6.45) is 0.955. The highest BCUT2D eigenvalue weighted by atomic mass is 35.5. The molecule has 0 heterocycles. The molecule has 0 fully saturated rings. The van der Waals surface area contributed by atoms with E-state index >= 15 is 0 Å². The van der Waals surface area contributed by atoms with Crippen molar-refractivity contribution in [2.45, 2.75) is 45.8 Å². The van der Waals surface area contributed by atoms with Gasteiger partial charge in [0.25, 0.3) is 0 Å². The minimum Gasteiger partial charge on any atom is -0.296 e. The molecule has 0 aromatic heterocycles. The molecule has 1 N–H and O–H groups in total. The van der Waals surface area contributed by atoms with Crippen LogP contribution in [0.1, 0.15) is 45.7 Å². The summed E-state index contributed by atoms with van der Waals surface area (Å²) >= 11 is 5.97. The van der Waals surface area contributed by atoms with Crippen LogP contribution in [0.3, 0.4) is 0 Å². The smallest absolute Gasteiger partial charge is 0.0813 e. The summed E-state index contributed by atoms with van der Waals surface area (Å²) in [5, 5.41) is 0.758. The summed E-state index contributed by atoms with van der Waals surface area (Å²) in [7, 11) is 0. The molecule has 1 aromatic rings. The number of halogens is 1. The minimum absolute atomic E-state index is 0.179. The van der Waals surface area contributed by atoms with Crippen molar-refractivity contribution in [1.82, 2.24) is 5.48 Å². The van der Waals surface area contributed by atoms with E-state index in [4.69, 9.17) is 16.4 Å². The van der Waals surface area contributed by atoms with E-state index < -0.39 is 0 Å². The molecular formula is C13H20ClNO. The summed E-state index contributed by atoms with van der Waals surface area (Å²) in [5.74, 6) is 0. The van der Waals surface area contributed by atoms with Gasteiger partial charge in [0, 0.05) is 5.02 Å². The molecule has 2 nitrogen and oxygen atoms in total. The Morgan fingerprint density at radius 1 is 1.38 bits per heavy atom. The van der Waals surface area contributed by atoms with E-state index in [-0.39, 0.29) is 11.6 Å². The van der Waals surface area contributed by atoms with Gasteiger partial charge in [0.1, 0.15) is 0 Å². The summed E-state index contributed by atoms with van der Waals surface area (Å²) in [5.41, 5.74) is 4.06. The molecule has 0 aliphatic rings. The summed E-state index contributed by atoms with van der Waals surface area (Å²) in [4.78, 5) is 5.58. The lowest BCUT2D eigenvalue weighted by Crippen LogP contribution is -2.31. The van der Waals surface area contributed by atoms with Crippen LogP contribution in [0.15, 0.2) is 24.3 Å². The van der Waals surface area contributed by atoms with Gasteiger partial charge in [0.15, 0.2) is 0 Å². The molecule has 0 amide bonds. The topological polar surface area (TPSA) is 21.3 Å². The Labute approximate surface area is 103 Å².